The Morgan fingerprint density at radius 2 is 2.38 bits per heavy atom. The Morgan fingerprint density at radius 1 is 1.77 bits per heavy atom. The first-order valence-corrected chi connectivity index (χ1v) is 4.29. The van der Waals surface area contributed by atoms with Crippen molar-refractivity contribution in [1.29, 1.82) is 0 Å². The van der Waals surface area contributed by atoms with Crippen molar-refractivity contribution in [3.05, 3.63) is 35.6 Å². The van der Waals surface area contributed by atoms with Gasteiger partial charge in [-0.15, -0.1) is 0 Å². The molecule has 0 spiro atoms. The van der Waals surface area contributed by atoms with Gasteiger partial charge in [-0.2, -0.15) is 0 Å². The number of Topliss-reactive ketones (excluding diaryl/α,β-unsaturated/α-hetero) is 1. The number of aliphatic hydroxyl groups is 1. The van der Waals surface area contributed by atoms with Gasteiger partial charge in [0.15, 0.2) is 5.78 Å². The van der Waals surface area contributed by atoms with Crippen LogP contribution in [0.15, 0.2) is 35.6 Å². The number of aliphatic hydroxyl groups excluding tert-OH is 1. The van der Waals surface area contributed by atoms with E-state index < -0.39 is 0 Å². The summed E-state index contributed by atoms with van der Waals surface area (Å²) in [7, 11) is 0. The summed E-state index contributed by atoms with van der Waals surface area (Å²) in [6.45, 7) is 7.44. The first kappa shape index (κ1) is 9.78. The van der Waals surface area contributed by atoms with Gasteiger partial charge in [-0.3, -0.25) is 4.79 Å². The molecule has 1 unspecified atom stereocenters. The van der Waals surface area contributed by atoms with Crippen LogP contribution in [0.25, 0.3) is 0 Å². The molecule has 0 aromatic heterocycles. The second kappa shape index (κ2) is 3.60. The van der Waals surface area contributed by atoms with Gasteiger partial charge in [-0.1, -0.05) is 18.2 Å². The van der Waals surface area contributed by atoms with Gasteiger partial charge < -0.3 is 5.11 Å². The normalized spacial score (nSPS) is 26.0. The molecule has 0 fully saturated rings. The summed E-state index contributed by atoms with van der Waals surface area (Å²) in [5.41, 5.74) is 2.09. The SMILES string of the molecule is C=C(C)C1CC=C(C)C(=O)/C1=C\O. The standard InChI is InChI=1S/C11H14O2/c1-7(2)9-5-4-8(3)11(13)10(9)6-12/h4,6,9,12H,1,5H2,2-3H3/b10-6-. The lowest BCUT2D eigenvalue weighted by molar-refractivity contribution is -0.113. The van der Waals surface area contributed by atoms with Gasteiger partial charge in [0, 0.05) is 11.5 Å². The van der Waals surface area contributed by atoms with Crippen molar-refractivity contribution >= 4 is 5.78 Å². The maximum Gasteiger partial charge on any atom is 0.188 e. The van der Waals surface area contributed by atoms with Crippen molar-refractivity contribution in [2.75, 3.05) is 0 Å². The fourth-order valence-corrected chi connectivity index (χ4v) is 1.52. The Morgan fingerprint density at radius 3 is 2.85 bits per heavy atom. The monoisotopic (exact) mass is 178 g/mol. The van der Waals surface area contributed by atoms with Crippen LogP contribution < -0.4 is 0 Å². The van der Waals surface area contributed by atoms with E-state index in [4.69, 9.17) is 5.11 Å². The zero-order valence-electron chi connectivity index (χ0n) is 8.00. The lowest BCUT2D eigenvalue weighted by Gasteiger charge is -2.22. The lowest BCUT2D eigenvalue weighted by Crippen LogP contribution is -2.19. The predicted molar refractivity (Wildman–Crippen MR) is 52.4 cm³/mol. The van der Waals surface area contributed by atoms with E-state index in [-0.39, 0.29) is 11.7 Å². The average molecular weight is 178 g/mol. The Labute approximate surface area is 78.3 Å². The number of carbonyl (C=O) groups is 1. The van der Waals surface area contributed by atoms with Crippen LogP contribution >= 0.6 is 0 Å². The minimum atomic E-state index is -0.0678. The van der Waals surface area contributed by atoms with Gasteiger partial charge in [0.1, 0.15) is 0 Å². The van der Waals surface area contributed by atoms with Crippen molar-refractivity contribution < 1.29 is 9.90 Å². The lowest BCUT2D eigenvalue weighted by atomic mass is 9.81. The second-order valence-corrected chi connectivity index (χ2v) is 3.44. The average Bonchev–Trinajstić information content (AvgIpc) is 2.09. The molecule has 0 aliphatic heterocycles. The maximum absolute atomic E-state index is 11.5. The quantitative estimate of drug-likeness (QED) is 0.380. The molecular formula is C11H14O2. The van der Waals surface area contributed by atoms with E-state index in [2.05, 4.69) is 6.58 Å². The second-order valence-electron chi connectivity index (χ2n) is 3.44. The summed E-state index contributed by atoms with van der Waals surface area (Å²) < 4.78 is 0. The van der Waals surface area contributed by atoms with Crippen LogP contribution in [-0.4, -0.2) is 10.9 Å². The molecule has 0 heterocycles. The van der Waals surface area contributed by atoms with E-state index in [9.17, 15) is 4.79 Å². The van der Waals surface area contributed by atoms with Crippen molar-refractivity contribution in [2.24, 2.45) is 5.92 Å². The van der Waals surface area contributed by atoms with Crippen LogP contribution in [0.3, 0.4) is 0 Å². The fraction of sp³-hybridized carbons (Fsp3) is 0.364. The molecule has 0 saturated carbocycles. The van der Waals surface area contributed by atoms with E-state index in [0.29, 0.717) is 11.1 Å². The molecule has 0 amide bonds. The number of rotatable bonds is 1. The van der Waals surface area contributed by atoms with E-state index in [1.807, 2.05) is 13.0 Å². The molecule has 0 aromatic carbocycles. The Balaban J connectivity index is 3.06. The highest BCUT2D eigenvalue weighted by Crippen LogP contribution is 2.30. The molecule has 1 aliphatic rings. The van der Waals surface area contributed by atoms with Crippen molar-refractivity contribution in [3.63, 3.8) is 0 Å². The molecule has 13 heavy (non-hydrogen) atoms. The highest BCUT2D eigenvalue weighted by molar-refractivity contribution is 6.09. The molecule has 0 bridgehead atoms. The number of hydrogen-bond donors (Lipinski definition) is 1. The molecule has 1 aliphatic carbocycles. The maximum atomic E-state index is 11.5. The first-order valence-electron chi connectivity index (χ1n) is 4.29. The molecule has 1 atom stereocenters. The molecule has 2 heteroatoms. The molecule has 1 N–H and O–H groups in total. The van der Waals surface area contributed by atoms with E-state index in [0.717, 1.165) is 18.3 Å². The topological polar surface area (TPSA) is 37.3 Å². The predicted octanol–water partition coefficient (Wildman–Crippen LogP) is 2.54. The third-order valence-corrected chi connectivity index (χ3v) is 2.39. The molecule has 0 aromatic rings. The minimum absolute atomic E-state index is 0.0128. The molecule has 2 nitrogen and oxygen atoms in total. The van der Waals surface area contributed by atoms with Crippen molar-refractivity contribution in [2.45, 2.75) is 20.3 Å². The van der Waals surface area contributed by atoms with Crippen LogP contribution in [-0.2, 0) is 4.79 Å². The van der Waals surface area contributed by atoms with Gasteiger partial charge in [0.25, 0.3) is 0 Å². The zero-order valence-corrected chi connectivity index (χ0v) is 8.00. The van der Waals surface area contributed by atoms with E-state index in [1.54, 1.807) is 6.92 Å². The van der Waals surface area contributed by atoms with Gasteiger partial charge in [-0.25, -0.2) is 0 Å². The Bertz CT molecular complexity index is 308. The number of carbonyl (C=O) groups excluding carboxylic acids is 1. The Hall–Kier alpha value is -1.31. The number of hydrogen-bond acceptors (Lipinski definition) is 2. The van der Waals surface area contributed by atoms with Gasteiger partial charge in [-0.05, 0) is 25.8 Å². The first-order chi connectivity index (χ1) is 6.07. The summed E-state index contributed by atoms with van der Waals surface area (Å²) in [6.07, 6.45) is 3.58. The van der Waals surface area contributed by atoms with Gasteiger partial charge in [0.05, 0.1) is 6.26 Å². The summed E-state index contributed by atoms with van der Waals surface area (Å²) in [4.78, 5) is 11.5. The highest BCUT2D eigenvalue weighted by atomic mass is 16.2. The summed E-state index contributed by atoms with van der Waals surface area (Å²) in [5, 5.41) is 8.95. The van der Waals surface area contributed by atoms with Gasteiger partial charge in [0.2, 0.25) is 0 Å². The molecular weight excluding hydrogens is 164 g/mol. The zero-order chi connectivity index (χ0) is 10.0. The van der Waals surface area contributed by atoms with Crippen LogP contribution in [0.4, 0.5) is 0 Å². The van der Waals surface area contributed by atoms with Crippen molar-refractivity contribution in [3.8, 4) is 0 Å². The molecule has 70 valence electrons. The molecule has 1 rings (SSSR count). The summed E-state index contributed by atoms with van der Waals surface area (Å²) >= 11 is 0. The fourth-order valence-electron chi connectivity index (χ4n) is 1.52. The summed E-state index contributed by atoms with van der Waals surface area (Å²) in [6, 6.07) is 0. The highest BCUT2D eigenvalue weighted by Gasteiger charge is 2.25. The smallest absolute Gasteiger partial charge is 0.188 e. The third kappa shape index (κ3) is 1.72. The number of allylic oxidation sites excluding steroid dienone is 4. The molecule has 0 radical (unpaired) electrons. The van der Waals surface area contributed by atoms with E-state index >= 15 is 0 Å². The molecule has 0 saturated heterocycles. The van der Waals surface area contributed by atoms with Crippen LogP contribution in [0.5, 0.6) is 0 Å². The van der Waals surface area contributed by atoms with Crippen LogP contribution in [0.1, 0.15) is 20.3 Å². The van der Waals surface area contributed by atoms with Crippen LogP contribution in [0, 0.1) is 5.92 Å². The van der Waals surface area contributed by atoms with Crippen molar-refractivity contribution in [1.82, 2.24) is 0 Å². The van der Waals surface area contributed by atoms with Gasteiger partial charge >= 0.3 is 0 Å². The minimum Gasteiger partial charge on any atom is -0.515 e. The van der Waals surface area contributed by atoms with E-state index in [1.165, 1.54) is 0 Å². The Kier molecular flexibility index (Phi) is 2.71. The third-order valence-electron chi connectivity index (χ3n) is 2.39. The van der Waals surface area contributed by atoms with Crippen LogP contribution in [0.2, 0.25) is 0 Å². The largest absolute Gasteiger partial charge is 0.515 e. The summed E-state index contributed by atoms with van der Waals surface area (Å²) in [5.74, 6) is -0.0806. The number of ketones is 1.